The molecule has 4 aromatic rings. The smallest absolute Gasteiger partial charge is 0.211 e. The van der Waals surface area contributed by atoms with Crippen LogP contribution in [-0.2, 0) is 6.54 Å². The molecule has 4 rings (SSSR count). The molecule has 2 aromatic heterocycles. The highest BCUT2D eigenvalue weighted by Gasteiger charge is 2.10. The van der Waals surface area contributed by atoms with Gasteiger partial charge in [0, 0.05) is 10.4 Å². The van der Waals surface area contributed by atoms with Crippen molar-refractivity contribution in [2.45, 2.75) is 13.5 Å². The van der Waals surface area contributed by atoms with E-state index in [9.17, 15) is 4.39 Å². The van der Waals surface area contributed by atoms with Gasteiger partial charge in [-0.05, 0) is 54.4 Å². The first kappa shape index (κ1) is 19.4. The molecule has 0 unspecified atom stereocenters. The van der Waals surface area contributed by atoms with Gasteiger partial charge in [0.2, 0.25) is 4.80 Å². The molecule has 0 N–H and O–H groups in total. The van der Waals surface area contributed by atoms with E-state index in [2.05, 4.69) is 10.2 Å². The average Bonchev–Trinajstić information content (AvgIpc) is 3.38. The quantitative estimate of drug-likeness (QED) is 0.286. The van der Waals surface area contributed by atoms with Crippen LogP contribution in [0, 0.1) is 5.82 Å². The molecule has 0 aliphatic heterocycles. The standard InChI is InChI=1S/C22H17ClFN3OS/c1-15(16-6-10-19(24)11-7-16)25-26-22-27(13-20-3-2-12-28-20)21(14-29-22)17-4-8-18(23)9-5-17/h2-12,14H,13H2,1H3/b25-15-,26-22+. The van der Waals surface area contributed by atoms with Crippen molar-refractivity contribution in [1.29, 1.82) is 0 Å². The minimum absolute atomic E-state index is 0.277. The van der Waals surface area contributed by atoms with Gasteiger partial charge in [0.05, 0.1) is 24.2 Å². The molecule has 4 nitrogen and oxygen atoms in total. The number of thiazole rings is 1. The van der Waals surface area contributed by atoms with Crippen LogP contribution in [-0.4, -0.2) is 10.3 Å². The van der Waals surface area contributed by atoms with Gasteiger partial charge in [-0.1, -0.05) is 35.9 Å². The fourth-order valence-electron chi connectivity index (χ4n) is 2.84. The molecule has 0 radical (unpaired) electrons. The van der Waals surface area contributed by atoms with E-state index in [1.807, 2.05) is 53.3 Å². The summed E-state index contributed by atoms with van der Waals surface area (Å²) in [5.41, 5.74) is 3.55. The minimum Gasteiger partial charge on any atom is -0.467 e. The van der Waals surface area contributed by atoms with Crippen LogP contribution < -0.4 is 4.80 Å². The number of nitrogens with zero attached hydrogens (tertiary/aromatic N) is 3. The van der Waals surface area contributed by atoms with Crippen molar-refractivity contribution in [2.75, 3.05) is 0 Å². The molecule has 0 atom stereocenters. The lowest BCUT2D eigenvalue weighted by atomic mass is 10.1. The van der Waals surface area contributed by atoms with E-state index in [-0.39, 0.29) is 5.82 Å². The van der Waals surface area contributed by atoms with Crippen LogP contribution in [0.5, 0.6) is 0 Å². The highest BCUT2D eigenvalue weighted by Crippen LogP contribution is 2.23. The van der Waals surface area contributed by atoms with E-state index in [0.717, 1.165) is 27.4 Å². The Kier molecular flexibility index (Phi) is 5.74. The Morgan fingerprint density at radius 3 is 2.55 bits per heavy atom. The van der Waals surface area contributed by atoms with Gasteiger partial charge in [-0.15, -0.1) is 16.4 Å². The third kappa shape index (κ3) is 4.55. The second-order valence-electron chi connectivity index (χ2n) is 6.37. The fraction of sp³-hybridized carbons (Fsp3) is 0.0909. The zero-order valence-corrected chi connectivity index (χ0v) is 17.1. The Balaban J connectivity index is 1.76. The van der Waals surface area contributed by atoms with E-state index < -0.39 is 0 Å². The summed E-state index contributed by atoms with van der Waals surface area (Å²) in [6.45, 7) is 2.37. The molecule has 2 aromatic carbocycles. The number of rotatable bonds is 5. The van der Waals surface area contributed by atoms with Crippen LogP contribution in [0.4, 0.5) is 4.39 Å². The number of hydrogen-bond acceptors (Lipinski definition) is 4. The number of halogens is 2. The molecule has 0 saturated heterocycles. The molecule has 0 aliphatic carbocycles. The SMILES string of the molecule is C/C(=N/N=c1/scc(-c2ccc(Cl)cc2)n1Cc1ccco1)c1ccc(F)cc1. The summed E-state index contributed by atoms with van der Waals surface area (Å²) in [7, 11) is 0. The summed E-state index contributed by atoms with van der Waals surface area (Å²) in [6.07, 6.45) is 1.65. The minimum atomic E-state index is -0.277. The summed E-state index contributed by atoms with van der Waals surface area (Å²) in [4.78, 5) is 0.729. The van der Waals surface area contributed by atoms with Crippen molar-refractivity contribution in [2.24, 2.45) is 10.2 Å². The number of aromatic nitrogens is 1. The van der Waals surface area contributed by atoms with Gasteiger partial charge in [0.15, 0.2) is 0 Å². The van der Waals surface area contributed by atoms with Crippen LogP contribution >= 0.6 is 22.9 Å². The van der Waals surface area contributed by atoms with Crippen molar-refractivity contribution in [3.05, 3.63) is 99.3 Å². The van der Waals surface area contributed by atoms with Gasteiger partial charge in [-0.3, -0.25) is 0 Å². The molecule has 0 fully saturated rings. The molecule has 146 valence electrons. The van der Waals surface area contributed by atoms with Crippen LogP contribution in [0.25, 0.3) is 11.3 Å². The normalized spacial score (nSPS) is 12.5. The molecule has 29 heavy (non-hydrogen) atoms. The number of benzene rings is 2. The van der Waals surface area contributed by atoms with E-state index >= 15 is 0 Å². The number of furan rings is 1. The monoisotopic (exact) mass is 425 g/mol. The first-order chi connectivity index (χ1) is 14.1. The van der Waals surface area contributed by atoms with Crippen molar-refractivity contribution in [1.82, 2.24) is 4.57 Å². The molecule has 0 aliphatic rings. The van der Waals surface area contributed by atoms with Gasteiger partial charge in [-0.2, -0.15) is 5.10 Å². The predicted molar refractivity (Wildman–Crippen MR) is 115 cm³/mol. The van der Waals surface area contributed by atoms with E-state index in [4.69, 9.17) is 16.0 Å². The van der Waals surface area contributed by atoms with Gasteiger partial charge in [0.1, 0.15) is 11.6 Å². The zero-order valence-electron chi connectivity index (χ0n) is 15.5. The molecule has 0 amide bonds. The Morgan fingerprint density at radius 1 is 1.10 bits per heavy atom. The average molecular weight is 426 g/mol. The van der Waals surface area contributed by atoms with Gasteiger partial charge in [0.25, 0.3) is 0 Å². The Hall–Kier alpha value is -2.96. The third-order valence-corrected chi connectivity index (χ3v) is 5.49. The highest BCUT2D eigenvalue weighted by molar-refractivity contribution is 7.07. The van der Waals surface area contributed by atoms with E-state index in [1.165, 1.54) is 23.5 Å². The van der Waals surface area contributed by atoms with Crippen molar-refractivity contribution >= 4 is 28.6 Å². The summed E-state index contributed by atoms with van der Waals surface area (Å²) < 4.78 is 20.7. The van der Waals surface area contributed by atoms with Crippen LogP contribution in [0.2, 0.25) is 5.02 Å². The van der Waals surface area contributed by atoms with Crippen LogP contribution in [0.15, 0.2) is 86.9 Å². The summed E-state index contributed by atoms with van der Waals surface area (Å²) in [6, 6.07) is 17.6. The van der Waals surface area contributed by atoms with Gasteiger partial charge in [-0.25, -0.2) is 4.39 Å². The maximum absolute atomic E-state index is 13.1. The first-order valence-electron chi connectivity index (χ1n) is 8.91. The summed E-state index contributed by atoms with van der Waals surface area (Å²) in [5, 5.41) is 11.5. The lowest BCUT2D eigenvalue weighted by Crippen LogP contribution is -2.16. The van der Waals surface area contributed by atoms with E-state index in [0.29, 0.717) is 17.3 Å². The molecule has 0 saturated carbocycles. The van der Waals surface area contributed by atoms with Crippen molar-refractivity contribution in [3.8, 4) is 11.3 Å². The van der Waals surface area contributed by atoms with E-state index in [1.54, 1.807) is 18.4 Å². The molecule has 0 spiro atoms. The predicted octanol–water partition coefficient (Wildman–Crippen LogP) is 5.98. The Labute approximate surface area is 176 Å². The van der Waals surface area contributed by atoms with Gasteiger partial charge < -0.3 is 8.98 Å². The zero-order chi connectivity index (χ0) is 20.2. The van der Waals surface area contributed by atoms with Gasteiger partial charge >= 0.3 is 0 Å². The lowest BCUT2D eigenvalue weighted by molar-refractivity contribution is 0.491. The molecule has 7 heteroatoms. The topological polar surface area (TPSA) is 42.8 Å². The Morgan fingerprint density at radius 2 is 1.86 bits per heavy atom. The van der Waals surface area contributed by atoms with Crippen LogP contribution in [0.1, 0.15) is 18.2 Å². The molecule has 0 bridgehead atoms. The highest BCUT2D eigenvalue weighted by atomic mass is 35.5. The fourth-order valence-corrected chi connectivity index (χ4v) is 3.82. The first-order valence-corrected chi connectivity index (χ1v) is 10.2. The third-order valence-electron chi connectivity index (χ3n) is 4.38. The van der Waals surface area contributed by atoms with Crippen LogP contribution in [0.3, 0.4) is 0 Å². The Bertz CT molecular complexity index is 1190. The molecular weight excluding hydrogens is 409 g/mol. The maximum Gasteiger partial charge on any atom is 0.211 e. The lowest BCUT2D eigenvalue weighted by Gasteiger charge is -2.07. The molecule has 2 heterocycles. The molecular formula is C22H17ClFN3OS. The second-order valence-corrected chi connectivity index (χ2v) is 7.64. The summed E-state index contributed by atoms with van der Waals surface area (Å²) in [5.74, 6) is 0.542. The summed E-state index contributed by atoms with van der Waals surface area (Å²) >= 11 is 7.52. The van der Waals surface area contributed by atoms with Crippen molar-refractivity contribution < 1.29 is 8.81 Å². The second kappa shape index (κ2) is 8.59. The largest absolute Gasteiger partial charge is 0.467 e. The maximum atomic E-state index is 13.1. The van der Waals surface area contributed by atoms with Crippen molar-refractivity contribution in [3.63, 3.8) is 0 Å². The number of hydrogen-bond donors (Lipinski definition) is 0.